The van der Waals surface area contributed by atoms with E-state index in [-0.39, 0.29) is 18.2 Å². The minimum absolute atomic E-state index is 0.0395. The number of anilines is 1. The van der Waals surface area contributed by atoms with E-state index >= 15 is 0 Å². The van der Waals surface area contributed by atoms with Gasteiger partial charge in [-0.2, -0.15) is 0 Å². The summed E-state index contributed by atoms with van der Waals surface area (Å²) < 4.78 is 12.0. The Morgan fingerprint density at radius 1 is 1.37 bits per heavy atom. The highest BCUT2D eigenvalue weighted by atomic mass is 16.7. The van der Waals surface area contributed by atoms with E-state index in [1.807, 2.05) is 11.8 Å². The molecular formula is C17H18N4O6. The molecule has 10 nitrogen and oxygen atoms in total. The summed E-state index contributed by atoms with van der Waals surface area (Å²) in [6.45, 7) is 4.07. The molecule has 27 heavy (non-hydrogen) atoms. The van der Waals surface area contributed by atoms with E-state index in [4.69, 9.17) is 9.47 Å². The molecule has 0 radical (unpaired) electrons. The molecule has 4 aliphatic heterocycles. The van der Waals surface area contributed by atoms with Crippen LogP contribution in [0.3, 0.4) is 0 Å². The summed E-state index contributed by atoms with van der Waals surface area (Å²) in [7, 11) is 0. The average Bonchev–Trinajstić information content (AvgIpc) is 2.83. The Kier molecular flexibility index (Phi) is 3.02. The second-order valence-electron chi connectivity index (χ2n) is 7.69. The Labute approximate surface area is 153 Å². The fraction of sp³-hybridized carbons (Fsp3) is 0.529. The van der Waals surface area contributed by atoms with Gasteiger partial charge in [0.05, 0.1) is 17.1 Å². The molecule has 5 atom stereocenters. The number of hydrogen-bond acceptors (Lipinski definition) is 7. The zero-order valence-electron chi connectivity index (χ0n) is 14.7. The number of nitro groups is 1. The van der Waals surface area contributed by atoms with Gasteiger partial charge in [-0.1, -0.05) is 0 Å². The molecule has 0 bridgehead atoms. The number of hydrogen-bond donors (Lipinski definition) is 2. The number of morpholine rings is 1. The van der Waals surface area contributed by atoms with E-state index in [0.717, 1.165) is 5.69 Å². The maximum Gasteiger partial charge on any atom is 0.323 e. The minimum Gasteiger partial charge on any atom is -0.359 e. The zero-order valence-corrected chi connectivity index (χ0v) is 14.7. The van der Waals surface area contributed by atoms with Gasteiger partial charge in [0, 0.05) is 24.4 Å². The Morgan fingerprint density at radius 2 is 2.15 bits per heavy atom. The van der Waals surface area contributed by atoms with Gasteiger partial charge in [0.25, 0.3) is 5.69 Å². The lowest BCUT2D eigenvalue weighted by atomic mass is 9.64. The van der Waals surface area contributed by atoms with Gasteiger partial charge in [-0.05, 0) is 31.9 Å². The highest BCUT2D eigenvalue weighted by Crippen LogP contribution is 2.57. The van der Waals surface area contributed by atoms with Gasteiger partial charge >= 0.3 is 6.03 Å². The van der Waals surface area contributed by atoms with Gasteiger partial charge in [-0.25, -0.2) is 4.79 Å². The van der Waals surface area contributed by atoms with Crippen LogP contribution >= 0.6 is 0 Å². The maximum atomic E-state index is 13.1. The Balaban J connectivity index is 1.74. The first-order valence-corrected chi connectivity index (χ1v) is 8.76. The van der Waals surface area contributed by atoms with Crippen LogP contribution in [0.2, 0.25) is 0 Å². The van der Waals surface area contributed by atoms with E-state index in [1.165, 1.54) is 12.1 Å². The van der Waals surface area contributed by atoms with Gasteiger partial charge in [0.2, 0.25) is 5.91 Å². The predicted molar refractivity (Wildman–Crippen MR) is 90.9 cm³/mol. The van der Waals surface area contributed by atoms with Crippen molar-refractivity contribution in [3.63, 3.8) is 0 Å². The van der Waals surface area contributed by atoms with Crippen molar-refractivity contribution >= 4 is 23.3 Å². The number of nitrogens with zero attached hydrogens (tertiary/aromatic N) is 2. The quantitative estimate of drug-likeness (QED) is 0.546. The standard InChI is InChI=1S/C17H18N4O6/c1-8-7-20-11-4-3-10(21(24)25)5-9(11)6-17-12(20)13(26-8)27-16(17,2)19-15(23)18-14(17)22/h3-5,8,12-13H,6-7H2,1-2H3,(H2,18,19,22,23)/t8?,12?,13?,16?,17-/m0/s1. The molecule has 3 amide bonds. The summed E-state index contributed by atoms with van der Waals surface area (Å²) >= 11 is 0. The number of nitrogens with one attached hydrogen (secondary N) is 2. The molecule has 1 aromatic carbocycles. The number of carbonyl (C=O) groups is 2. The lowest BCUT2D eigenvalue weighted by molar-refractivity contribution is -0.384. The molecule has 3 saturated heterocycles. The van der Waals surface area contributed by atoms with Gasteiger partial charge < -0.3 is 19.7 Å². The molecule has 2 N–H and O–H groups in total. The van der Waals surface area contributed by atoms with Crippen LogP contribution in [0, 0.1) is 15.5 Å². The lowest BCUT2D eigenvalue weighted by Crippen LogP contribution is -2.76. The topological polar surface area (TPSA) is 123 Å². The molecule has 4 unspecified atom stereocenters. The molecule has 0 aromatic heterocycles. The van der Waals surface area contributed by atoms with Crippen LogP contribution < -0.4 is 15.5 Å². The summed E-state index contributed by atoms with van der Waals surface area (Å²) in [5.74, 6) is -0.457. The molecule has 4 heterocycles. The number of rotatable bonds is 1. The smallest absolute Gasteiger partial charge is 0.323 e. The van der Waals surface area contributed by atoms with E-state index in [0.29, 0.717) is 12.1 Å². The minimum atomic E-state index is -1.29. The summed E-state index contributed by atoms with van der Waals surface area (Å²) in [5, 5.41) is 16.3. The zero-order chi connectivity index (χ0) is 19.1. The van der Waals surface area contributed by atoms with Crippen molar-refractivity contribution in [1.29, 1.82) is 0 Å². The average molecular weight is 374 g/mol. The largest absolute Gasteiger partial charge is 0.359 e. The first kappa shape index (κ1) is 16.5. The van der Waals surface area contributed by atoms with Crippen molar-refractivity contribution in [1.82, 2.24) is 10.6 Å². The first-order valence-electron chi connectivity index (χ1n) is 8.76. The van der Waals surface area contributed by atoms with E-state index < -0.39 is 40.3 Å². The van der Waals surface area contributed by atoms with Crippen molar-refractivity contribution < 1.29 is 24.0 Å². The summed E-state index contributed by atoms with van der Waals surface area (Å²) in [4.78, 5) is 37.9. The second kappa shape index (κ2) is 4.96. The summed E-state index contributed by atoms with van der Waals surface area (Å²) in [6, 6.07) is 3.59. The number of carbonyl (C=O) groups excluding carboxylic acids is 2. The lowest BCUT2D eigenvalue weighted by Gasteiger charge is -2.54. The number of amides is 3. The molecular weight excluding hydrogens is 356 g/mol. The van der Waals surface area contributed by atoms with Gasteiger partial charge in [0.1, 0.15) is 5.41 Å². The number of ether oxygens (including phenoxy) is 2. The van der Waals surface area contributed by atoms with Crippen LogP contribution in [0.4, 0.5) is 16.2 Å². The summed E-state index contributed by atoms with van der Waals surface area (Å²) in [6.07, 6.45) is -0.680. The van der Waals surface area contributed by atoms with E-state index in [9.17, 15) is 19.7 Å². The van der Waals surface area contributed by atoms with Crippen LogP contribution in [0.25, 0.3) is 0 Å². The fourth-order valence-corrected chi connectivity index (χ4v) is 5.06. The van der Waals surface area contributed by atoms with Crippen molar-refractivity contribution in [2.24, 2.45) is 5.41 Å². The third kappa shape index (κ3) is 1.91. The van der Waals surface area contributed by atoms with Gasteiger partial charge in [-0.15, -0.1) is 0 Å². The SMILES string of the molecule is CC1CN2c3ccc([N+](=O)[O-])cc3C[C@]34C(=O)NC(=O)NC3(C)OC(O1)C24. The second-order valence-corrected chi connectivity index (χ2v) is 7.69. The fourth-order valence-electron chi connectivity index (χ4n) is 5.06. The number of non-ortho nitro benzene ring substituents is 1. The first-order chi connectivity index (χ1) is 12.7. The molecule has 142 valence electrons. The van der Waals surface area contributed by atoms with Crippen LogP contribution in [0.15, 0.2) is 18.2 Å². The Bertz CT molecular complexity index is 905. The van der Waals surface area contributed by atoms with Crippen molar-refractivity contribution in [2.45, 2.75) is 44.4 Å². The Hall–Kier alpha value is -2.72. The molecule has 4 aliphatic rings. The Morgan fingerprint density at radius 3 is 2.89 bits per heavy atom. The van der Waals surface area contributed by atoms with Crippen molar-refractivity contribution in [3.05, 3.63) is 33.9 Å². The van der Waals surface area contributed by atoms with Crippen LogP contribution in [0.5, 0.6) is 0 Å². The van der Waals surface area contributed by atoms with E-state index in [1.54, 1.807) is 13.0 Å². The van der Waals surface area contributed by atoms with Crippen LogP contribution in [0.1, 0.15) is 19.4 Å². The number of imide groups is 1. The monoisotopic (exact) mass is 374 g/mol. The highest BCUT2D eigenvalue weighted by Gasteiger charge is 2.74. The number of urea groups is 1. The number of nitro benzene ring substituents is 1. The number of fused-ring (bicyclic) bond motifs is 2. The van der Waals surface area contributed by atoms with E-state index in [2.05, 4.69) is 10.6 Å². The van der Waals surface area contributed by atoms with Crippen molar-refractivity contribution in [2.75, 3.05) is 11.4 Å². The highest BCUT2D eigenvalue weighted by molar-refractivity contribution is 6.03. The molecule has 0 saturated carbocycles. The van der Waals surface area contributed by atoms with Gasteiger partial charge in [0.15, 0.2) is 12.0 Å². The van der Waals surface area contributed by atoms with Gasteiger partial charge in [-0.3, -0.25) is 20.2 Å². The molecule has 10 heteroatoms. The normalized spacial score (nSPS) is 39.0. The number of benzene rings is 1. The van der Waals surface area contributed by atoms with Crippen LogP contribution in [-0.4, -0.2) is 47.6 Å². The third-order valence-electron chi connectivity index (χ3n) is 6.16. The molecule has 3 fully saturated rings. The predicted octanol–water partition coefficient (Wildman–Crippen LogP) is 0.643. The molecule has 1 aromatic rings. The molecule has 5 rings (SSSR count). The van der Waals surface area contributed by atoms with Crippen LogP contribution in [-0.2, 0) is 20.7 Å². The third-order valence-corrected chi connectivity index (χ3v) is 6.16. The summed E-state index contributed by atoms with van der Waals surface area (Å²) in [5.41, 5.74) is -0.979. The van der Waals surface area contributed by atoms with Crippen molar-refractivity contribution in [3.8, 4) is 0 Å². The molecule has 1 spiro atoms. The maximum absolute atomic E-state index is 13.1. The molecule has 0 aliphatic carbocycles.